The zero-order valence-electron chi connectivity index (χ0n) is 38.9. The molecule has 1 aliphatic heterocycles. The molecule has 1 fully saturated rings. The highest BCUT2D eigenvalue weighted by molar-refractivity contribution is 5.98. The van der Waals surface area contributed by atoms with E-state index in [-0.39, 0.29) is 32.2 Å². The molecule has 7 atom stereocenters. The van der Waals surface area contributed by atoms with Crippen LogP contribution in [0.25, 0.3) is 21.8 Å². The number of carboxylic acid groups (broad SMARTS) is 2. The summed E-state index contributed by atoms with van der Waals surface area (Å²) in [4.78, 5) is 116. The van der Waals surface area contributed by atoms with Crippen LogP contribution in [0.2, 0.25) is 0 Å². The van der Waals surface area contributed by atoms with Gasteiger partial charge in [0.2, 0.25) is 35.4 Å². The first-order chi connectivity index (χ1) is 33.6. The van der Waals surface area contributed by atoms with Crippen molar-refractivity contribution in [1.29, 1.82) is 0 Å². The predicted octanol–water partition coefficient (Wildman–Crippen LogP) is 1.52. The number of carbonyl (C=O) groups excluding carboxylic acids is 6. The van der Waals surface area contributed by atoms with E-state index in [1.807, 2.05) is 48.5 Å². The average Bonchev–Trinajstić information content (AvgIpc) is 4.11. The summed E-state index contributed by atoms with van der Waals surface area (Å²) < 4.78 is 0. The smallest absolute Gasteiger partial charge is 0.325 e. The zero-order valence-corrected chi connectivity index (χ0v) is 38.9. The van der Waals surface area contributed by atoms with Crippen LogP contribution in [0.1, 0.15) is 68.6 Å². The number of unbranched alkanes of at least 4 members (excludes halogenated alkanes) is 1. The summed E-state index contributed by atoms with van der Waals surface area (Å²) in [5.74, 6) is -6.95. The van der Waals surface area contributed by atoms with Crippen LogP contribution in [0, 0.1) is 0 Å². The molecule has 372 valence electrons. The summed E-state index contributed by atoms with van der Waals surface area (Å²) in [6.07, 6.45) is 4.45. The lowest BCUT2D eigenvalue weighted by atomic mass is 10.00. The minimum atomic E-state index is -1.56. The van der Waals surface area contributed by atoms with E-state index in [4.69, 9.17) is 11.5 Å². The van der Waals surface area contributed by atoms with Gasteiger partial charge in [0.1, 0.15) is 36.3 Å². The van der Waals surface area contributed by atoms with Gasteiger partial charge in [0, 0.05) is 66.4 Å². The average molecular weight is 963 g/mol. The van der Waals surface area contributed by atoms with E-state index in [2.05, 4.69) is 36.6 Å². The number of aliphatic carboxylic acids is 2. The third-order valence-corrected chi connectivity index (χ3v) is 12.5. The molecule has 2 aromatic heterocycles. The number of hydrogen-bond acceptors (Lipinski definition) is 10. The molecule has 20 heteroatoms. The van der Waals surface area contributed by atoms with E-state index < -0.39 is 103 Å². The van der Waals surface area contributed by atoms with E-state index in [0.29, 0.717) is 48.9 Å². The zero-order chi connectivity index (χ0) is 50.3. The van der Waals surface area contributed by atoms with Gasteiger partial charge in [0.15, 0.2) is 0 Å². The second-order valence-electron chi connectivity index (χ2n) is 17.6. The van der Waals surface area contributed by atoms with Crippen LogP contribution in [0.3, 0.4) is 0 Å². The molecule has 0 radical (unpaired) electrons. The highest BCUT2D eigenvalue weighted by Gasteiger charge is 2.40. The Morgan fingerprint density at radius 2 is 1.19 bits per heavy atom. The van der Waals surface area contributed by atoms with Gasteiger partial charge >= 0.3 is 11.9 Å². The van der Waals surface area contributed by atoms with Gasteiger partial charge in [0.25, 0.3) is 0 Å². The van der Waals surface area contributed by atoms with Crippen LogP contribution >= 0.6 is 0 Å². The van der Waals surface area contributed by atoms with Crippen molar-refractivity contribution >= 4 is 69.2 Å². The first-order valence-electron chi connectivity index (χ1n) is 23.5. The number of amides is 6. The molecule has 3 heterocycles. The number of nitrogens with one attached hydrogen (secondary N) is 7. The van der Waals surface area contributed by atoms with E-state index in [0.717, 1.165) is 21.8 Å². The summed E-state index contributed by atoms with van der Waals surface area (Å²) >= 11 is 0. The van der Waals surface area contributed by atoms with Crippen LogP contribution in [0.15, 0.2) is 91.3 Å². The maximum atomic E-state index is 14.7. The third kappa shape index (κ3) is 13.8. The predicted molar refractivity (Wildman–Crippen MR) is 260 cm³/mol. The van der Waals surface area contributed by atoms with Crippen LogP contribution in [0.4, 0.5) is 0 Å². The lowest BCUT2D eigenvalue weighted by Gasteiger charge is -2.30. The Bertz CT molecular complexity index is 2650. The van der Waals surface area contributed by atoms with Gasteiger partial charge < -0.3 is 63.1 Å². The summed E-state index contributed by atoms with van der Waals surface area (Å²) in [5.41, 5.74) is 15.4. The fourth-order valence-corrected chi connectivity index (χ4v) is 8.66. The summed E-state index contributed by atoms with van der Waals surface area (Å²) in [5, 5.41) is 34.1. The molecular weight excluding hydrogens is 901 g/mol. The highest BCUT2D eigenvalue weighted by atomic mass is 16.4. The van der Waals surface area contributed by atoms with Crippen LogP contribution in [-0.4, -0.2) is 128 Å². The Morgan fingerprint density at radius 1 is 0.657 bits per heavy atom. The number of para-hydroxylation sites is 2. The molecule has 6 amide bonds. The lowest BCUT2D eigenvalue weighted by Crippen LogP contribution is -2.60. The summed E-state index contributed by atoms with van der Waals surface area (Å²) in [6, 6.07) is 14.7. The Kier molecular flexibility index (Phi) is 18.2. The van der Waals surface area contributed by atoms with Crippen LogP contribution < -0.4 is 38.1 Å². The first kappa shape index (κ1) is 51.8. The van der Waals surface area contributed by atoms with Crippen molar-refractivity contribution in [2.24, 2.45) is 11.5 Å². The number of rotatable bonds is 25. The van der Waals surface area contributed by atoms with Gasteiger partial charge in [-0.2, -0.15) is 0 Å². The Hall–Kier alpha value is -7.58. The largest absolute Gasteiger partial charge is 0.481 e. The van der Waals surface area contributed by atoms with E-state index >= 15 is 0 Å². The number of carbonyl (C=O) groups is 8. The number of H-pyrrole nitrogens is 2. The molecular formula is C50H62N10O10. The van der Waals surface area contributed by atoms with Gasteiger partial charge in [0.05, 0.1) is 6.04 Å². The molecule has 1 aliphatic rings. The number of aromatic amines is 2. The van der Waals surface area contributed by atoms with Crippen LogP contribution in [-0.2, 0) is 57.6 Å². The second-order valence-corrected chi connectivity index (χ2v) is 17.6. The number of benzene rings is 3. The second kappa shape index (κ2) is 24.6. The summed E-state index contributed by atoms with van der Waals surface area (Å²) in [7, 11) is 0. The molecule has 1 saturated heterocycles. The van der Waals surface area contributed by atoms with Crippen molar-refractivity contribution in [2.45, 2.75) is 113 Å². The van der Waals surface area contributed by atoms with Gasteiger partial charge in [-0.25, -0.2) is 0 Å². The topological polar surface area (TPSA) is 324 Å². The third-order valence-electron chi connectivity index (χ3n) is 12.5. The molecule has 0 bridgehead atoms. The van der Waals surface area contributed by atoms with Crippen molar-refractivity contribution in [3.63, 3.8) is 0 Å². The van der Waals surface area contributed by atoms with Gasteiger partial charge in [-0.05, 0) is 74.4 Å². The fraction of sp³-hybridized carbons (Fsp3) is 0.400. The van der Waals surface area contributed by atoms with Gasteiger partial charge in [-0.3, -0.25) is 38.4 Å². The molecule has 13 N–H and O–H groups in total. The van der Waals surface area contributed by atoms with Crippen molar-refractivity contribution in [3.8, 4) is 0 Å². The van der Waals surface area contributed by atoms with E-state index in [1.165, 1.54) is 11.8 Å². The Morgan fingerprint density at radius 3 is 1.76 bits per heavy atom. The minimum absolute atomic E-state index is 0.00285. The van der Waals surface area contributed by atoms with E-state index in [9.17, 15) is 48.6 Å². The Balaban J connectivity index is 1.29. The number of hydrogen-bond donors (Lipinski definition) is 11. The van der Waals surface area contributed by atoms with Crippen molar-refractivity contribution < 1.29 is 48.6 Å². The number of nitrogens with zero attached hydrogens (tertiary/aromatic N) is 1. The van der Waals surface area contributed by atoms with Crippen molar-refractivity contribution in [3.05, 3.63) is 108 Å². The molecule has 0 aliphatic carbocycles. The number of carboxylic acids is 2. The van der Waals surface area contributed by atoms with Crippen molar-refractivity contribution in [1.82, 2.24) is 41.5 Å². The summed E-state index contributed by atoms with van der Waals surface area (Å²) in [6.45, 7) is 1.85. The highest BCUT2D eigenvalue weighted by Crippen LogP contribution is 2.23. The molecule has 0 spiro atoms. The lowest BCUT2D eigenvalue weighted by molar-refractivity contribution is -0.144. The molecule has 7 unspecified atom stereocenters. The molecule has 70 heavy (non-hydrogen) atoms. The molecule has 6 rings (SSSR count). The van der Waals surface area contributed by atoms with Crippen molar-refractivity contribution in [2.75, 3.05) is 13.1 Å². The molecule has 3 aromatic carbocycles. The Labute approximate surface area is 404 Å². The van der Waals surface area contributed by atoms with Gasteiger partial charge in [-0.15, -0.1) is 0 Å². The fourth-order valence-electron chi connectivity index (χ4n) is 8.66. The SMILES string of the molecule is CC(NC(=O)C1CCCN1C(=O)C(Cc1ccccc1)NC(=O)C(CCC(=O)O)NC(=O)C(Cc1c[nH]c2ccccc12)NC(=O)C(Cc1c[nH]c2ccccc12)NC(=O)C(N)CCCCN)C(=O)O. The minimum Gasteiger partial charge on any atom is -0.481 e. The van der Waals surface area contributed by atoms with Crippen LogP contribution in [0.5, 0.6) is 0 Å². The molecule has 5 aromatic rings. The monoisotopic (exact) mass is 962 g/mol. The number of aromatic nitrogens is 2. The number of fused-ring (bicyclic) bond motifs is 2. The first-order valence-corrected chi connectivity index (χ1v) is 23.5. The number of nitrogens with two attached hydrogens (primary N) is 2. The number of likely N-dealkylation sites (tertiary alicyclic amines) is 1. The standard InChI is InChI=1S/C50H62N10O10/c1-29(50(69)70)55-48(67)42-19-11-23-60(42)49(68)41(24-30-12-3-2-4-13-30)59-45(64)38(20-21-43(61)62)56-46(65)40(26-32-28-54-37-18-8-6-15-34(32)37)58-47(66)39(57-44(63)35(52)16-9-10-22-51)25-31-27-53-36-17-7-5-14-33(31)36/h2-8,12-15,17-18,27-29,35,38-42,53-54H,9-11,16,19-26,51-52H2,1H3,(H,55,67)(H,56,65)(H,57,63)(H,58,66)(H,59,64)(H,61,62)(H,69,70). The molecule has 20 nitrogen and oxygen atoms in total. The maximum absolute atomic E-state index is 14.7. The normalized spacial score (nSPS) is 16.0. The maximum Gasteiger partial charge on any atom is 0.325 e. The van der Waals surface area contributed by atoms with Gasteiger partial charge in [-0.1, -0.05) is 73.2 Å². The van der Waals surface area contributed by atoms with E-state index in [1.54, 1.807) is 42.7 Å². The molecule has 0 saturated carbocycles. The quantitative estimate of drug-likeness (QED) is 0.0371.